The van der Waals surface area contributed by atoms with Crippen LogP contribution in [0.5, 0.6) is 0 Å². The Balaban J connectivity index is 2.71. The van der Waals surface area contributed by atoms with E-state index in [1.54, 1.807) is 0 Å². The van der Waals surface area contributed by atoms with Crippen LogP contribution in [-0.2, 0) is 11.2 Å². The van der Waals surface area contributed by atoms with Crippen LogP contribution in [0.3, 0.4) is 0 Å². The van der Waals surface area contributed by atoms with Crippen molar-refractivity contribution >= 4 is 17.5 Å². The van der Waals surface area contributed by atoms with Gasteiger partial charge in [-0.3, -0.25) is 4.79 Å². The highest BCUT2D eigenvalue weighted by molar-refractivity contribution is 5.73. The average molecular weight is 252 g/mol. The van der Waals surface area contributed by atoms with Gasteiger partial charge in [-0.15, -0.1) is 0 Å². The van der Waals surface area contributed by atoms with Crippen molar-refractivity contribution in [1.82, 2.24) is 9.97 Å². The Hall–Kier alpha value is -1.89. The van der Waals surface area contributed by atoms with Crippen molar-refractivity contribution in [2.75, 3.05) is 17.3 Å². The molecule has 0 aromatic carbocycles. The quantitative estimate of drug-likeness (QED) is 0.315. The van der Waals surface area contributed by atoms with Gasteiger partial charge in [0, 0.05) is 24.9 Å². The lowest BCUT2D eigenvalue weighted by atomic mass is 10.2. The molecule has 0 aliphatic carbocycles. The van der Waals surface area contributed by atoms with E-state index in [1.807, 2.05) is 13.8 Å². The number of nitrogen functional groups attached to an aromatic ring is 1. The van der Waals surface area contributed by atoms with Crippen molar-refractivity contribution < 1.29 is 4.79 Å². The summed E-state index contributed by atoms with van der Waals surface area (Å²) in [5, 5.41) is 3.16. The first-order valence-electron chi connectivity index (χ1n) is 5.94. The Morgan fingerprint density at radius 1 is 1.33 bits per heavy atom. The summed E-state index contributed by atoms with van der Waals surface area (Å²) in [6, 6.07) is 0. The summed E-state index contributed by atoms with van der Waals surface area (Å²) in [7, 11) is 0. The van der Waals surface area contributed by atoms with Gasteiger partial charge in [0.15, 0.2) is 0 Å². The second kappa shape index (κ2) is 6.75. The van der Waals surface area contributed by atoms with Gasteiger partial charge in [-0.1, -0.05) is 6.92 Å². The molecule has 1 aromatic rings. The molecule has 0 radical (unpaired) electrons. The summed E-state index contributed by atoms with van der Waals surface area (Å²) in [5.41, 5.74) is 8.48. The number of nitrogens with zero attached hydrogens (tertiary/aromatic N) is 2. The summed E-state index contributed by atoms with van der Waals surface area (Å²) < 4.78 is 0. The number of nitrogens with one attached hydrogen (secondary N) is 2. The first-order chi connectivity index (χ1) is 8.58. The normalized spacial score (nSPS) is 10.2. The Labute approximate surface area is 106 Å². The van der Waals surface area contributed by atoms with Gasteiger partial charge < -0.3 is 16.5 Å². The molecule has 7 nitrogen and oxygen atoms in total. The lowest BCUT2D eigenvalue weighted by molar-refractivity contribution is -0.118. The average Bonchev–Trinajstić information content (AvgIpc) is 2.36. The number of primary amides is 1. The molecule has 0 saturated carbocycles. The Morgan fingerprint density at radius 3 is 2.56 bits per heavy atom. The smallest absolute Gasteiger partial charge is 0.217 e. The van der Waals surface area contributed by atoms with Crippen LogP contribution in [0.1, 0.15) is 31.2 Å². The zero-order valence-corrected chi connectivity index (χ0v) is 10.8. The predicted octanol–water partition coefficient (Wildman–Crippen LogP) is 0.310. The zero-order valence-electron chi connectivity index (χ0n) is 10.8. The van der Waals surface area contributed by atoms with Gasteiger partial charge in [-0.25, -0.2) is 15.8 Å². The van der Waals surface area contributed by atoms with Crippen LogP contribution in [0.4, 0.5) is 11.6 Å². The molecule has 100 valence electrons. The lowest BCUT2D eigenvalue weighted by Crippen LogP contribution is -2.16. The van der Waals surface area contributed by atoms with E-state index in [0.717, 1.165) is 17.8 Å². The summed E-state index contributed by atoms with van der Waals surface area (Å²) in [5.74, 6) is 7.17. The largest absolute Gasteiger partial charge is 0.370 e. The minimum absolute atomic E-state index is 0.297. The first-order valence-corrected chi connectivity index (χ1v) is 5.94. The number of nitrogens with two attached hydrogens (primary N) is 2. The number of amides is 1. The SMILES string of the molecule is CCc1nc(NN)c(C)c(NCCCC(N)=O)n1. The standard InChI is InChI=1S/C11H20N6O/c1-3-9-15-10(7(2)11(16-9)17-13)14-6-4-5-8(12)18/h3-6,13H2,1-2H3,(H2,12,18)(H2,14,15,16,17). The number of hydrogen-bond acceptors (Lipinski definition) is 6. The molecule has 0 unspecified atom stereocenters. The van der Waals surface area contributed by atoms with E-state index < -0.39 is 0 Å². The number of hydrazine groups is 1. The van der Waals surface area contributed by atoms with Gasteiger partial charge in [-0.2, -0.15) is 0 Å². The van der Waals surface area contributed by atoms with Crippen molar-refractivity contribution in [1.29, 1.82) is 0 Å². The molecule has 1 rings (SSSR count). The highest BCUT2D eigenvalue weighted by Crippen LogP contribution is 2.19. The van der Waals surface area contributed by atoms with Crippen LogP contribution in [0.15, 0.2) is 0 Å². The summed E-state index contributed by atoms with van der Waals surface area (Å²) >= 11 is 0. The Kier molecular flexibility index (Phi) is 5.31. The van der Waals surface area contributed by atoms with E-state index in [2.05, 4.69) is 20.7 Å². The molecule has 7 heteroatoms. The van der Waals surface area contributed by atoms with E-state index in [0.29, 0.717) is 31.0 Å². The summed E-state index contributed by atoms with van der Waals surface area (Å²) in [6.45, 7) is 4.49. The maximum absolute atomic E-state index is 10.6. The molecule has 1 heterocycles. The molecule has 0 aliphatic rings. The maximum Gasteiger partial charge on any atom is 0.217 e. The maximum atomic E-state index is 10.6. The van der Waals surface area contributed by atoms with Gasteiger partial charge in [0.05, 0.1) is 0 Å². The van der Waals surface area contributed by atoms with Crippen molar-refractivity contribution in [3.8, 4) is 0 Å². The molecule has 18 heavy (non-hydrogen) atoms. The molecule has 0 spiro atoms. The zero-order chi connectivity index (χ0) is 13.5. The molecular weight excluding hydrogens is 232 g/mol. The van der Waals surface area contributed by atoms with Crippen LogP contribution < -0.4 is 22.3 Å². The van der Waals surface area contributed by atoms with Gasteiger partial charge in [0.2, 0.25) is 5.91 Å². The third kappa shape index (κ3) is 3.85. The van der Waals surface area contributed by atoms with E-state index in [-0.39, 0.29) is 5.91 Å². The number of rotatable bonds is 7. The van der Waals surface area contributed by atoms with E-state index in [1.165, 1.54) is 0 Å². The molecule has 0 atom stereocenters. The Morgan fingerprint density at radius 2 is 2.00 bits per heavy atom. The molecular formula is C11H20N6O. The summed E-state index contributed by atoms with van der Waals surface area (Å²) in [6.07, 6.45) is 1.76. The number of aromatic nitrogens is 2. The predicted molar refractivity (Wildman–Crippen MR) is 70.9 cm³/mol. The van der Waals surface area contributed by atoms with Crippen molar-refractivity contribution in [3.63, 3.8) is 0 Å². The van der Waals surface area contributed by atoms with Crippen LogP contribution in [0.2, 0.25) is 0 Å². The van der Waals surface area contributed by atoms with Crippen LogP contribution in [-0.4, -0.2) is 22.4 Å². The van der Waals surface area contributed by atoms with Gasteiger partial charge in [-0.05, 0) is 13.3 Å². The third-order valence-electron chi connectivity index (χ3n) is 2.54. The minimum atomic E-state index is -0.297. The number of anilines is 2. The minimum Gasteiger partial charge on any atom is -0.370 e. The van der Waals surface area contributed by atoms with E-state index in [4.69, 9.17) is 11.6 Å². The van der Waals surface area contributed by atoms with E-state index in [9.17, 15) is 4.79 Å². The highest BCUT2D eigenvalue weighted by Gasteiger charge is 2.08. The van der Waals surface area contributed by atoms with Crippen molar-refractivity contribution in [2.24, 2.45) is 11.6 Å². The van der Waals surface area contributed by atoms with Crippen molar-refractivity contribution in [2.45, 2.75) is 33.1 Å². The van der Waals surface area contributed by atoms with Gasteiger partial charge in [0.25, 0.3) is 0 Å². The highest BCUT2D eigenvalue weighted by atomic mass is 16.1. The molecule has 0 aliphatic heterocycles. The van der Waals surface area contributed by atoms with Gasteiger partial charge in [0.1, 0.15) is 17.5 Å². The fourth-order valence-electron chi connectivity index (χ4n) is 1.50. The number of aryl methyl sites for hydroxylation is 1. The molecule has 0 saturated heterocycles. The first kappa shape index (κ1) is 14.2. The van der Waals surface area contributed by atoms with Crippen LogP contribution >= 0.6 is 0 Å². The van der Waals surface area contributed by atoms with Crippen LogP contribution in [0.25, 0.3) is 0 Å². The molecule has 6 N–H and O–H groups in total. The topological polar surface area (TPSA) is 119 Å². The monoisotopic (exact) mass is 252 g/mol. The van der Waals surface area contributed by atoms with Crippen molar-refractivity contribution in [3.05, 3.63) is 11.4 Å². The second-order valence-electron chi connectivity index (χ2n) is 3.96. The summed E-state index contributed by atoms with van der Waals surface area (Å²) in [4.78, 5) is 19.3. The number of hydrogen-bond donors (Lipinski definition) is 4. The van der Waals surface area contributed by atoms with E-state index >= 15 is 0 Å². The third-order valence-corrected chi connectivity index (χ3v) is 2.54. The molecule has 0 fully saturated rings. The molecule has 1 amide bonds. The molecule has 0 bridgehead atoms. The second-order valence-corrected chi connectivity index (χ2v) is 3.96. The molecule has 1 aromatic heterocycles. The van der Waals surface area contributed by atoms with Crippen LogP contribution in [0, 0.1) is 6.92 Å². The van der Waals surface area contributed by atoms with Gasteiger partial charge >= 0.3 is 0 Å². The number of carbonyl (C=O) groups is 1. The fraction of sp³-hybridized carbons (Fsp3) is 0.545. The fourth-order valence-corrected chi connectivity index (χ4v) is 1.50. The lowest BCUT2D eigenvalue weighted by Gasteiger charge is -2.12. The number of carbonyl (C=O) groups excluding carboxylic acids is 1. The Bertz CT molecular complexity index is 420.